The van der Waals surface area contributed by atoms with Gasteiger partial charge in [0.1, 0.15) is 18.2 Å². The third-order valence-corrected chi connectivity index (χ3v) is 6.75. The van der Waals surface area contributed by atoms with Gasteiger partial charge in [-0.05, 0) is 72.9 Å². The largest absolute Gasteiger partial charge is 0.455 e. The maximum Gasteiger partial charge on any atom is 0.216 e. The molecule has 0 aliphatic rings. The number of pyridine rings is 1. The Bertz CT molecular complexity index is 1660. The molecule has 2 aromatic heterocycles. The van der Waals surface area contributed by atoms with Crippen LogP contribution in [0, 0.1) is 20.8 Å². The van der Waals surface area contributed by atoms with E-state index in [1.165, 1.54) is 49.4 Å². The molecule has 0 amide bonds. The minimum atomic E-state index is 0.935. The van der Waals surface area contributed by atoms with Gasteiger partial charge in [0, 0.05) is 22.4 Å². The van der Waals surface area contributed by atoms with Crippen molar-refractivity contribution in [2.45, 2.75) is 27.7 Å². The van der Waals surface area contributed by atoms with Gasteiger partial charge in [0.2, 0.25) is 5.69 Å². The average molecular weight is 445 g/mol. The molecule has 0 atom stereocenters. The summed E-state index contributed by atoms with van der Waals surface area (Å²) in [6, 6.07) is 17.5. The zero-order valence-corrected chi connectivity index (χ0v) is 20.6. The van der Waals surface area contributed by atoms with E-state index >= 15 is 0 Å². The molecule has 34 heavy (non-hydrogen) atoms. The van der Waals surface area contributed by atoms with Crippen LogP contribution in [0.4, 0.5) is 0 Å². The molecule has 0 aliphatic heterocycles. The van der Waals surface area contributed by atoms with Crippen LogP contribution in [0.5, 0.6) is 0 Å². The standard InChI is InChI=1S/C32H30NO/c1-7-8-9-12-20(2)26-18-28(33(6)19-23(26)5)31-22(4)15-21(3)30-27-16-24-13-10-11-14-25(24)17-29(27)34-32(30)31/h7-19H,1H2,2-6H3/q+1/b9-8-,20-12+. The highest BCUT2D eigenvalue weighted by atomic mass is 16.3. The minimum absolute atomic E-state index is 0.935. The first kappa shape index (κ1) is 21.9. The number of benzene rings is 3. The summed E-state index contributed by atoms with van der Waals surface area (Å²) in [5.74, 6) is 0. The van der Waals surface area contributed by atoms with E-state index < -0.39 is 0 Å². The number of rotatable bonds is 4. The number of aryl methyl sites for hydroxylation is 4. The topological polar surface area (TPSA) is 17.0 Å². The van der Waals surface area contributed by atoms with Gasteiger partial charge in [-0.25, -0.2) is 4.57 Å². The second-order valence-corrected chi connectivity index (χ2v) is 9.22. The summed E-state index contributed by atoms with van der Waals surface area (Å²) in [5.41, 5.74) is 10.3. The molecule has 0 spiro atoms. The Morgan fingerprint density at radius 1 is 0.912 bits per heavy atom. The highest BCUT2D eigenvalue weighted by Gasteiger charge is 2.24. The summed E-state index contributed by atoms with van der Waals surface area (Å²) < 4.78 is 8.84. The predicted molar refractivity (Wildman–Crippen MR) is 145 cm³/mol. The molecule has 0 unspecified atom stereocenters. The number of aromatic nitrogens is 1. The molecule has 0 aliphatic carbocycles. The van der Waals surface area contributed by atoms with Crippen LogP contribution in [-0.2, 0) is 7.05 Å². The Hall–Kier alpha value is -3.91. The van der Waals surface area contributed by atoms with Crippen LogP contribution >= 0.6 is 0 Å². The zero-order valence-electron chi connectivity index (χ0n) is 20.6. The third-order valence-electron chi connectivity index (χ3n) is 6.75. The number of hydrogen-bond acceptors (Lipinski definition) is 1. The van der Waals surface area contributed by atoms with E-state index in [-0.39, 0.29) is 0 Å². The van der Waals surface area contributed by atoms with Gasteiger partial charge in [-0.3, -0.25) is 0 Å². The number of hydrogen-bond donors (Lipinski definition) is 0. The molecule has 0 saturated heterocycles. The normalized spacial score (nSPS) is 12.4. The fraction of sp³-hybridized carbons (Fsp3) is 0.156. The lowest BCUT2D eigenvalue weighted by Crippen LogP contribution is -2.31. The lowest BCUT2D eigenvalue weighted by atomic mass is 9.94. The minimum Gasteiger partial charge on any atom is -0.455 e. The molecule has 0 fully saturated rings. The Balaban J connectivity index is 1.83. The van der Waals surface area contributed by atoms with Crippen molar-refractivity contribution in [1.82, 2.24) is 0 Å². The van der Waals surface area contributed by atoms with Crippen molar-refractivity contribution in [3.8, 4) is 11.3 Å². The Morgan fingerprint density at radius 2 is 1.65 bits per heavy atom. The molecule has 0 N–H and O–H groups in total. The monoisotopic (exact) mass is 444 g/mol. The first-order valence-electron chi connectivity index (χ1n) is 11.7. The first-order valence-corrected chi connectivity index (χ1v) is 11.7. The number of allylic oxidation sites excluding steroid dienone is 5. The first-order chi connectivity index (χ1) is 16.4. The van der Waals surface area contributed by atoms with E-state index in [2.05, 4.69) is 107 Å². The smallest absolute Gasteiger partial charge is 0.216 e. The van der Waals surface area contributed by atoms with Crippen LogP contribution in [0.15, 0.2) is 90.0 Å². The number of fused-ring (bicyclic) bond motifs is 4. The fourth-order valence-corrected chi connectivity index (χ4v) is 5.14. The highest BCUT2D eigenvalue weighted by Crippen LogP contribution is 2.40. The van der Waals surface area contributed by atoms with E-state index in [1.54, 1.807) is 6.08 Å². The van der Waals surface area contributed by atoms with Gasteiger partial charge >= 0.3 is 0 Å². The summed E-state index contributed by atoms with van der Waals surface area (Å²) >= 11 is 0. The highest BCUT2D eigenvalue weighted by molar-refractivity contribution is 6.14. The van der Waals surface area contributed by atoms with Crippen molar-refractivity contribution in [2.75, 3.05) is 0 Å². The van der Waals surface area contributed by atoms with Crippen LogP contribution < -0.4 is 4.57 Å². The SMILES string of the molecule is C=C/C=C\C=C(/C)c1cc(-c2c(C)cc(C)c3c2oc2cc4ccccc4cc23)[n+](C)cc1C. The predicted octanol–water partition coefficient (Wildman–Crippen LogP) is 8.30. The molecule has 2 heteroatoms. The van der Waals surface area contributed by atoms with E-state index in [9.17, 15) is 0 Å². The van der Waals surface area contributed by atoms with E-state index in [4.69, 9.17) is 4.42 Å². The molecule has 3 aromatic carbocycles. The van der Waals surface area contributed by atoms with E-state index in [1.807, 2.05) is 12.2 Å². The Kier molecular flexibility index (Phi) is 5.45. The molecular weight excluding hydrogens is 414 g/mol. The third kappa shape index (κ3) is 3.56. The van der Waals surface area contributed by atoms with Crippen molar-refractivity contribution < 1.29 is 8.98 Å². The van der Waals surface area contributed by atoms with Gasteiger partial charge in [-0.2, -0.15) is 0 Å². The summed E-state index contributed by atoms with van der Waals surface area (Å²) in [6.07, 6.45) is 10.1. The van der Waals surface area contributed by atoms with Crippen LogP contribution in [0.25, 0.3) is 49.5 Å². The molecule has 168 valence electrons. The molecule has 2 heterocycles. The van der Waals surface area contributed by atoms with E-state index in [0.29, 0.717) is 0 Å². The summed E-state index contributed by atoms with van der Waals surface area (Å²) in [6.45, 7) is 12.5. The lowest BCUT2D eigenvalue weighted by molar-refractivity contribution is -0.660. The molecule has 5 aromatic rings. The van der Waals surface area contributed by atoms with Crippen LogP contribution in [0.3, 0.4) is 0 Å². The lowest BCUT2D eigenvalue weighted by Gasteiger charge is -2.11. The van der Waals surface area contributed by atoms with Gasteiger partial charge in [-0.1, -0.05) is 61.2 Å². The maximum absolute atomic E-state index is 6.62. The summed E-state index contributed by atoms with van der Waals surface area (Å²) in [4.78, 5) is 0. The number of nitrogens with zero attached hydrogens (tertiary/aromatic N) is 1. The molecular formula is C32H30NO+. The number of furan rings is 1. The molecule has 0 bridgehead atoms. The van der Waals surface area contributed by atoms with Crippen LogP contribution in [0.2, 0.25) is 0 Å². The second kappa shape index (κ2) is 8.46. The van der Waals surface area contributed by atoms with Crippen molar-refractivity contribution >= 4 is 38.3 Å². The second-order valence-electron chi connectivity index (χ2n) is 9.22. The zero-order chi connectivity index (χ0) is 24.0. The van der Waals surface area contributed by atoms with Gasteiger partial charge in [-0.15, -0.1) is 0 Å². The average Bonchev–Trinajstić information content (AvgIpc) is 3.17. The molecule has 0 saturated carbocycles. The molecule has 0 radical (unpaired) electrons. The van der Waals surface area contributed by atoms with Gasteiger partial charge in [0.15, 0.2) is 6.20 Å². The van der Waals surface area contributed by atoms with Crippen LogP contribution in [0.1, 0.15) is 29.2 Å². The van der Waals surface area contributed by atoms with Crippen LogP contribution in [-0.4, -0.2) is 0 Å². The van der Waals surface area contributed by atoms with Gasteiger partial charge in [0.05, 0.1) is 5.56 Å². The van der Waals surface area contributed by atoms with Crippen molar-refractivity contribution in [1.29, 1.82) is 0 Å². The molecule has 2 nitrogen and oxygen atoms in total. The quantitative estimate of drug-likeness (QED) is 0.201. The summed E-state index contributed by atoms with van der Waals surface area (Å²) in [7, 11) is 2.12. The summed E-state index contributed by atoms with van der Waals surface area (Å²) in [5, 5.41) is 4.80. The maximum atomic E-state index is 6.62. The molecule has 5 rings (SSSR count). The van der Waals surface area contributed by atoms with Crippen molar-refractivity contribution in [3.63, 3.8) is 0 Å². The Labute approximate surface area is 201 Å². The van der Waals surface area contributed by atoms with Crippen molar-refractivity contribution in [3.05, 3.63) is 108 Å². The van der Waals surface area contributed by atoms with Gasteiger partial charge < -0.3 is 4.42 Å². The van der Waals surface area contributed by atoms with E-state index in [0.717, 1.165) is 22.4 Å². The van der Waals surface area contributed by atoms with Gasteiger partial charge in [0.25, 0.3) is 0 Å². The Morgan fingerprint density at radius 3 is 2.38 bits per heavy atom. The fourth-order valence-electron chi connectivity index (χ4n) is 5.14. The van der Waals surface area contributed by atoms with Crippen molar-refractivity contribution in [2.24, 2.45) is 7.05 Å².